The number of carbonyl (C=O) groups is 3. The first-order chi connectivity index (χ1) is 21.0. The van der Waals surface area contributed by atoms with E-state index in [1.165, 1.54) is 0 Å². The van der Waals surface area contributed by atoms with Gasteiger partial charge >= 0.3 is 11.8 Å². The maximum atomic E-state index is 13.9. The van der Waals surface area contributed by atoms with Crippen LogP contribution in [0.1, 0.15) is 70.9 Å². The highest BCUT2D eigenvalue weighted by Gasteiger charge is 2.45. The van der Waals surface area contributed by atoms with E-state index in [4.69, 9.17) is 9.47 Å². The molecule has 2 fully saturated rings. The Balaban J connectivity index is 1.29. The highest BCUT2D eigenvalue weighted by Crippen LogP contribution is 2.31. The summed E-state index contributed by atoms with van der Waals surface area (Å²) in [6.07, 6.45) is 2.99. The van der Waals surface area contributed by atoms with E-state index in [9.17, 15) is 19.2 Å². The Hall–Kier alpha value is -4.12. The molecule has 1 saturated heterocycles. The van der Waals surface area contributed by atoms with Crippen molar-refractivity contribution in [3.63, 3.8) is 0 Å². The maximum absolute atomic E-state index is 13.9. The number of nitrogens with zero attached hydrogens (tertiary/aromatic N) is 2. The fourth-order valence-corrected chi connectivity index (χ4v) is 6.23. The number of hydrogen-bond acceptors (Lipinski definition) is 6. The van der Waals surface area contributed by atoms with Crippen LogP contribution in [0.3, 0.4) is 0 Å². The molecule has 1 saturated carbocycles. The molecule has 3 N–H and O–H groups in total. The highest BCUT2D eigenvalue weighted by atomic mass is 16.6. The Kier molecular flexibility index (Phi) is 9.43. The number of nitrogens with one attached hydrogen (secondary N) is 3. The number of carbonyl (C=O) groups excluding carboxylic acids is 3. The van der Waals surface area contributed by atoms with Crippen molar-refractivity contribution in [1.29, 1.82) is 0 Å². The summed E-state index contributed by atoms with van der Waals surface area (Å²) < 4.78 is 13.2. The topological polar surface area (TPSA) is 135 Å². The van der Waals surface area contributed by atoms with E-state index in [0.717, 1.165) is 29.4 Å². The molecule has 1 aliphatic carbocycles. The third-order valence-electron chi connectivity index (χ3n) is 8.40. The molecule has 3 aromatic rings. The molecule has 2 aliphatic rings. The lowest BCUT2D eigenvalue weighted by atomic mass is 9.95. The van der Waals surface area contributed by atoms with E-state index in [1.54, 1.807) is 30.2 Å². The SMILES string of the molecule is CC(C)(C)OC(=O)NC1(C(=O)N[C@H](COCc2ccccc2)C(=O)N2CCC(n3c(=O)[nH]c4ccccc43)CC2)CCCC1. The molecule has 5 rings (SSSR count). The molecule has 0 unspecified atom stereocenters. The summed E-state index contributed by atoms with van der Waals surface area (Å²) >= 11 is 0. The molecular formula is C33H43N5O6. The zero-order chi connectivity index (χ0) is 31.3. The first-order valence-corrected chi connectivity index (χ1v) is 15.5. The van der Waals surface area contributed by atoms with Crippen LogP contribution in [0, 0.1) is 0 Å². The number of imidazole rings is 1. The molecule has 11 nitrogen and oxygen atoms in total. The average Bonchev–Trinajstić information content (AvgIpc) is 3.60. The summed E-state index contributed by atoms with van der Waals surface area (Å²) in [5, 5.41) is 5.76. The van der Waals surface area contributed by atoms with E-state index < -0.39 is 29.2 Å². The van der Waals surface area contributed by atoms with Crippen LogP contribution < -0.4 is 16.3 Å². The number of aromatic amines is 1. The van der Waals surface area contributed by atoms with Gasteiger partial charge in [0.05, 0.1) is 24.2 Å². The zero-order valence-corrected chi connectivity index (χ0v) is 25.8. The van der Waals surface area contributed by atoms with E-state index in [0.29, 0.717) is 38.8 Å². The van der Waals surface area contributed by atoms with Crippen molar-refractivity contribution in [2.24, 2.45) is 0 Å². The molecule has 2 aromatic carbocycles. The number of benzene rings is 2. The fraction of sp³-hybridized carbons (Fsp3) is 0.515. The number of alkyl carbamates (subject to hydrolysis) is 1. The second kappa shape index (κ2) is 13.3. The Morgan fingerprint density at radius 1 is 1.00 bits per heavy atom. The van der Waals surface area contributed by atoms with Crippen LogP contribution in [0.5, 0.6) is 0 Å². The number of fused-ring (bicyclic) bond motifs is 1. The maximum Gasteiger partial charge on any atom is 0.408 e. The van der Waals surface area contributed by atoms with E-state index >= 15 is 0 Å². The molecule has 1 atom stereocenters. The molecule has 1 aliphatic heterocycles. The minimum atomic E-state index is -1.16. The van der Waals surface area contributed by atoms with Gasteiger partial charge in [0.25, 0.3) is 0 Å². The fourth-order valence-electron chi connectivity index (χ4n) is 6.23. The molecule has 2 heterocycles. The third kappa shape index (κ3) is 7.32. The second-order valence-electron chi connectivity index (χ2n) is 12.8. The van der Waals surface area contributed by atoms with Crippen molar-refractivity contribution in [1.82, 2.24) is 25.1 Å². The largest absolute Gasteiger partial charge is 0.444 e. The van der Waals surface area contributed by atoms with Gasteiger partial charge in [-0.25, -0.2) is 9.59 Å². The number of rotatable bonds is 9. The molecule has 1 aromatic heterocycles. The quantitative estimate of drug-likeness (QED) is 0.337. The molecule has 0 radical (unpaired) electrons. The monoisotopic (exact) mass is 605 g/mol. The number of likely N-dealkylation sites (tertiary alicyclic amines) is 1. The predicted octanol–water partition coefficient (Wildman–Crippen LogP) is 4.03. The van der Waals surface area contributed by atoms with Crippen LogP contribution >= 0.6 is 0 Å². The van der Waals surface area contributed by atoms with Gasteiger partial charge < -0.3 is 30.0 Å². The van der Waals surface area contributed by atoms with Crippen molar-refractivity contribution in [3.8, 4) is 0 Å². The van der Waals surface area contributed by atoms with Crippen molar-refractivity contribution >= 4 is 28.9 Å². The minimum absolute atomic E-state index is 0.0240. The van der Waals surface area contributed by atoms with Crippen LogP contribution in [-0.4, -0.2) is 69.2 Å². The van der Waals surface area contributed by atoms with Crippen LogP contribution in [0.2, 0.25) is 0 Å². The van der Waals surface area contributed by atoms with Gasteiger partial charge in [0.1, 0.15) is 17.2 Å². The third-order valence-corrected chi connectivity index (χ3v) is 8.40. The number of para-hydroxylation sites is 2. The molecule has 0 bridgehead atoms. The van der Waals surface area contributed by atoms with Crippen LogP contribution in [-0.2, 0) is 25.7 Å². The summed E-state index contributed by atoms with van der Waals surface area (Å²) in [7, 11) is 0. The Bertz CT molecular complexity index is 1510. The van der Waals surface area contributed by atoms with Gasteiger partial charge in [-0.1, -0.05) is 55.3 Å². The van der Waals surface area contributed by atoms with Crippen molar-refractivity contribution in [2.75, 3.05) is 19.7 Å². The van der Waals surface area contributed by atoms with Crippen LogP contribution in [0.25, 0.3) is 11.0 Å². The van der Waals surface area contributed by atoms with Crippen molar-refractivity contribution < 1.29 is 23.9 Å². The summed E-state index contributed by atoms with van der Waals surface area (Å²) in [6, 6.07) is 16.2. The number of ether oxygens (including phenoxy) is 2. The zero-order valence-electron chi connectivity index (χ0n) is 25.8. The highest BCUT2D eigenvalue weighted by molar-refractivity contribution is 5.94. The lowest BCUT2D eigenvalue weighted by molar-refractivity contribution is -0.141. The number of piperidine rings is 1. The summed E-state index contributed by atoms with van der Waals surface area (Å²) in [5.74, 6) is -0.663. The average molecular weight is 606 g/mol. The molecule has 236 valence electrons. The van der Waals surface area contributed by atoms with Gasteiger partial charge in [-0.3, -0.25) is 14.2 Å². The smallest absolute Gasteiger partial charge is 0.408 e. The molecule has 11 heteroatoms. The summed E-state index contributed by atoms with van der Waals surface area (Å²) in [4.78, 5) is 57.9. The van der Waals surface area contributed by atoms with Crippen molar-refractivity contribution in [3.05, 3.63) is 70.6 Å². The molecular weight excluding hydrogens is 562 g/mol. The molecule has 3 amide bonds. The van der Waals surface area contributed by atoms with Gasteiger partial charge in [0, 0.05) is 19.1 Å². The van der Waals surface area contributed by atoms with Gasteiger partial charge in [-0.05, 0) is 64.2 Å². The minimum Gasteiger partial charge on any atom is -0.444 e. The number of H-pyrrole nitrogens is 1. The standard InChI is InChI=1S/C33H43N5O6/c1-32(2,3)44-31(42)36-33(17-9-10-18-33)29(40)34-26(22-43-21-23-11-5-4-6-12-23)28(39)37-19-15-24(16-20-37)38-27-14-8-7-13-25(27)35-30(38)41/h4-8,11-14,24,26H,9-10,15-22H2,1-3H3,(H,34,40)(H,35,41)(H,36,42)/t26-/m1/s1. The van der Waals surface area contributed by atoms with Crippen molar-refractivity contribution in [2.45, 2.75) is 89.1 Å². The van der Waals surface area contributed by atoms with Gasteiger partial charge in [-0.15, -0.1) is 0 Å². The van der Waals surface area contributed by atoms with Crippen LogP contribution in [0.15, 0.2) is 59.4 Å². The Labute approximate surface area is 257 Å². The molecule has 0 spiro atoms. The second-order valence-corrected chi connectivity index (χ2v) is 12.8. The normalized spacial score (nSPS) is 17.8. The lowest BCUT2D eigenvalue weighted by Gasteiger charge is -2.36. The number of hydrogen-bond donors (Lipinski definition) is 3. The molecule has 44 heavy (non-hydrogen) atoms. The summed E-state index contributed by atoms with van der Waals surface area (Å²) in [5.41, 5.74) is 0.553. The van der Waals surface area contributed by atoms with Gasteiger partial charge in [-0.2, -0.15) is 0 Å². The van der Waals surface area contributed by atoms with E-state index in [2.05, 4.69) is 15.6 Å². The van der Waals surface area contributed by atoms with Gasteiger partial charge in [0.15, 0.2) is 0 Å². The predicted molar refractivity (Wildman–Crippen MR) is 166 cm³/mol. The Morgan fingerprint density at radius 3 is 2.34 bits per heavy atom. The van der Waals surface area contributed by atoms with E-state index in [1.807, 2.05) is 54.6 Å². The lowest BCUT2D eigenvalue weighted by Crippen LogP contribution is -2.62. The van der Waals surface area contributed by atoms with Gasteiger partial charge in [0.2, 0.25) is 11.8 Å². The number of amides is 3. The van der Waals surface area contributed by atoms with Crippen LogP contribution in [0.4, 0.5) is 4.79 Å². The Morgan fingerprint density at radius 2 is 1.66 bits per heavy atom. The first kappa shape index (κ1) is 31.3. The first-order valence-electron chi connectivity index (χ1n) is 15.5. The number of aromatic nitrogens is 2. The summed E-state index contributed by atoms with van der Waals surface area (Å²) in [6.45, 7) is 6.43. The van der Waals surface area contributed by atoms with E-state index in [-0.39, 0.29) is 30.9 Å².